The van der Waals surface area contributed by atoms with E-state index in [4.69, 9.17) is 11.5 Å². The Labute approximate surface area is 146 Å². The summed E-state index contributed by atoms with van der Waals surface area (Å²) in [6.45, 7) is 0. The molecule has 1 heterocycles. The van der Waals surface area contributed by atoms with Crippen LogP contribution >= 0.6 is 0 Å². The molecule has 0 bridgehead atoms. The van der Waals surface area contributed by atoms with Crippen molar-refractivity contribution in [1.82, 2.24) is 9.78 Å². The third-order valence-corrected chi connectivity index (χ3v) is 3.58. The van der Waals surface area contributed by atoms with Gasteiger partial charge in [-0.05, 0) is 35.4 Å². The molecule has 0 aliphatic rings. The number of anilines is 1. The van der Waals surface area contributed by atoms with E-state index in [1.165, 1.54) is 30.5 Å². The van der Waals surface area contributed by atoms with Gasteiger partial charge in [-0.3, -0.25) is 4.79 Å². The predicted octanol–water partition coefficient (Wildman–Crippen LogP) is 1.97. The average molecular weight is 355 g/mol. The van der Waals surface area contributed by atoms with E-state index < -0.39 is 17.8 Å². The number of phenols is 1. The topological polar surface area (TPSA) is 136 Å². The number of aromatic nitrogens is 2. The Morgan fingerprint density at radius 2 is 1.85 bits per heavy atom. The zero-order chi connectivity index (χ0) is 18.8. The molecular weight excluding hydrogens is 341 g/mol. The van der Waals surface area contributed by atoms with Crippen molar-refractivity contribution in [3.05, 3.63) is 60.2 Å². The van der Waals surface area contributed by atoms with E-state index in [-0.39, 0.29) is 22.8 Å². The van der Waals surface area contributed by atoms with Gasteiger partial charge in [0.25, 0.3) is 5.91 Å². The van der Waals surface area contributed by atoms with E-state index in [0.717, 1.165) is 4.68 Å². The number of nitrogens with one attached hydrogen (secondary N) is 1. The molecule has 8 nitrogen and oxygen atoms in total. The second-order valence-electron chi connectivity index (χ2n) is 5.41. The van der Waals surface area contributed by atoms with Crippen molar-refractivity contribution in [3.63, 3.8) is 0 Å². The molecule has 2 aromatic carbocycles. The first-order chi connectivity index (χ1) is 12.3. The largest absolute Gasteiger partial charge is 0.508 e. The number of rotatable bonds is 4. The van der Waals surface area contributed by atoms with Crippen LogP contribution in [0.5, 0.6) is 5.75 Å². The molecule has 3 aromatic rings. The summed E-state index contributed by atoms with van der Waals surface area (Å²) in [5.74, 6) is -1.47. The summed E-state index contributed by atoms with van der Waals surface area (Å²) in [7, 11) is 0. The quantitative estimate of drug-likeness (QED) is 0.569. The molecule has 3 rings (SSSR count). The molecule has 0 saturated carbocycles. The Morgan fingerprint density at radius 3 is 2.46 bits per heavy atom. The van der Waals surface area contributed by atoms with Gasteiger partial charge in [-0.25, -0.2) is 13.9 Å². The van der Waals surface area contributed by atoms with Gasteiger partial charge in [-0.1, -0.05) is 18.2 Å². The van der Waals surface area contributed by atoms with Crippen LogP contribution in [-0.2, 0) is 0 Å². The molecule has 9 heteroatoms. The molecule has 0 aliphatic heterocycles. The minimum atomic E-state index is -0.910. The van der Waals surface area contributed by atoms with Gasteiger partial charge in [0.1, 0.15) is 17.3 Å². The van der Waals surface area contributed by atoms with Crippen LogP contribution in [0.4, 0.5) is 14.9 Å². The van der Waals surface area contributed by atoms with Crippen molar-refractivity contribution < 1.29 is 19.1 Å². The summed E-state index contributed by atoms with van der Waals surface area (Å²) in [6, 6.07) is 9.80. The van der Waals surface area contributed by atoms with Gasteiger partial charge in [0.2, 0.25) is 0 Å². The number of carbonyl (C=O) groups is 2. The van der Waals surface area contributed by atoms with Crippen LogP contribution in [0, 0.1) is 5.82 Å². The first kappa shape index (κ1) is 17.0. The van der Waals surface area contributed by atoms with Crippen LogP contribution in [0.15, 0.2) is 48.7 Å². The number of carbonyl (C=O) groups excluding carboxylic acids is 2. The predicted molar refractivity (Wildman–Crippen MR) is 92.3 cm³/mol. The normalized spacial score (nSPS) is 10.5. The number of urea groups is 1. The van der Waals surface area contributed by atoms with Crippen LogP contribution in [-0.4, -0.2) is 26.8 Å². The maximum absolute atomic E-state index is 14.6. The number of phenolic OH excluding ortho intramolecular Hbond substituents is 1. The van der Waals surface area contributed by atoms with Crippen LogP contribution < -0.4 is 16.8 Å². The van der Waals surface area contributed by atoms with Crippen molar-refractivity contribution in [2.45, 2.75) is 0 Å². The summed E-state index contributed by atoms with van der Waals surface area (Å²) < 4.78 is 15.7. The molecule has 26 heavy (non-hydrogen) atoms. The number of halogens is 1. The summed E-state index contributed by atoms with van der Waals surface area (Å²) in [6.07, 6.45) is 1.23. The Hall–Kier alpha value is -3.88. The lowest BCUT2D eigenvalue weighted by atomic mass is 10.0. The molecule has 6 N–H and O–H groups in total. The van der Waals surface area contributed by atoms with Crippen LogP contribution in [0.3, 0.4) is 0 Å². The number of nitrogens with two attached hydrogens (primary N) is 2. The highest BCUT2D eigenvalue weighted by atomic mass is 19.1. The van der Waals surface area contributed by atoms with Crippen molar-refractivity contribution in [3.8, 4) is 22.6 Å². The lowest BCUT2D eigenvalue weighted by Gasteiger charge is -2.07. The molecule has 0 fully saturated rings. The minimum Gasteiger partial charge on any atom is -0.508 e. The van der Waals surface area contributed by atoms with Crippen LogP contribution in [0.25, 0.3) is 16.8 Å². The lowest BCUT2D eigenvalue weighted by molar-refractivity contribution is 0.0996. The average Bonchev–Trinajstić information content (AvgIpc) is 2.97. The number of aromatic hydroxyl groups is 1. The van der Waals surface area contributed by atoms with Crippen molar-refractivity contribution in [2.24, 2.45) is 11.5 Å². The third kappa shape index (κ3) is 3.31. The molecule has 0 spiro atoms. The highest BCUT2D eigenvalue weighted by Gasteiger charge is 2.18. The van der Waals surface area contributed by atoms with Crippen LogP contribution in [0.1, 0.15) is 10.5 Å². The summed E-state index contributed by atoms with van der Waals surface area (Å²) in [4.78, 5) is 22.5. The number of hydrogen-bond donors (Lipinski definition) is 4. The molecule has 132 valence electrons. The van der Waals surface area contributed by atoms with E-state index in [2.05, 4.69) is 10.4 Å². The smallest absolute Gasteiger partial charge is 0.316 e. The van der Waals surface area contributed by atoms with Gasteiger partial charge in [0.15, 0.2) is 5.69 Å². The standard InChI is InChI=1S/C17H14FN5O3/c18-12-7-10(9-2-1-3-11(24)6-9)4-5-14(12)23-8-13(21-17(20)26)15(22-23)16(19)25/h1-8,24H,(H2,19,25)(H3,20,21,26). The fourth-order valence-corrected chi connectivity index (χ4v) is 2.46. The maximum Gasteiger partial charge on any atom is 0.316 e. The number of nitrogens with zero attached hydrogens (tertiary/aromatic N) is 2. The van der Waals surface area contributed by atoms with Crippen molar-refractivity contribution in [2.75, 3.05) is 5.32 Å². The molecule has 0 radical (unpaired) electrons. The number of hydrogen-bond acceptors (Lipinski definition) is 4. The first-order valence-electron chi connectivity index (χ1n) is 7.40. The van der Waals surface area contributed by atoms with E-state index in [1.807, 2.05) is 0 Å². The van der Waals surface area contributed by atoms with Gasteiger partial charge in [-0.15, -0.1) is 0 Å². The first-order valence-corrected chi connectivity index (χ1v) is 7.40. The highest BCUT2D eigenvalue weighted by Crippen LogP contribution is 2.27. The zero-order valence-electron chi connectivity index (χ0n) is 13.3. The van der Waals surface area contributed by atoms with Gasteiger partial charge in [0.05, 0.1) is 11.9 Å². The van der Waals surface area contributed by atoms with E-state index >= 15 is 0 Å². The van der Waals surface area contributed by atoms with Crippen LogP contribution in [0.2, 0.25) is 0 Å². The number of primary amides is 2. The maximum atomic E-state index is 14.6. The number of benzene rings is 2. The van der Waals surface area contributed by atoms with E-state index in [0.29, 0.717) is 11.1 Å². The van der Waals surface area contributed by atoms with E-state index in [1.54, 1.807) is 18.2 Å². The minimum absolute atomic E-state index is 0.0264. The van der Waals surface area contributed by atoms with Crippen molar-refractivity contribution >= 4 is 17.6 Å². The molecule has 0 unspecified atom stereocenters. The van der Waals surface area contributed by atoms with Gasteiger partial charge < -0.3 is 21.9 Å². The van der Waals surface area contributed by atoms with E-state index in [9.17, 15) is 19.1 Å². The zero-order valence-corrected chi connectivity index (χ0v) is 13.3. The monoisotopic (exact) mass is 355 g/mol. The molecule has 0 aliphatic carbocycles. The van der Waals surface area contributed by atoms with Gasteiger partial charge >= 0.3 is 6.03 Å². The molecule has 0 saturated heterocycles. The molecular formula is C17H14FN5O3. The molecule has 1 aromatic heterocycles. The Morgan fingerprint density at radius 1 is 1.12 bits per heavy atom. The lowest BCUT2D eigenvalue weighted by Crippen LogP contribution is -2.22. The SMILES string of the molecule is NC(=O)Nc1cn(-c2ccc(-c3cccc(O)c3)cc2F)nc1C(N)=O. The summed E-state index contributed by atoms with van der Waals surface area (Å²) >= 11 is 0. The summed E-state index contributed by atoms with van der Waals surface area (Å²) in [5, 5.41) is 15.7. The second kappa shape index (κ2) is 6.55. The van der Waals surface area contributed by atoms with Crippen molar-refractivity contribution in [1.29, 1.82) is 0 Å². The molecule has 0 atom stereocenters. The fraction of sp³-hybridized carbons (Fsp3) is 0. The fourth-order valence-electron chi connectivity index (χ4n) is 2.46. The Balaban J connectivity index is 2.02. The highest BCUT2D eigenvalue weighted by molar-refractivity contribution is 6.00. The summed E-state index contributed by atoms with van der Waals surface area (Å²) in [5.41, 5.74) is 11.2. The van der Waals surface area contributed by atoms with Gasteiger partial charge in [-0.2, -0.15) is 5.10 Å². The second-order valence-corrected chi connectivity index (χ2v) is 5.41. The Bertz CT molecular complexity index is 1020. The Kier molecular flexibility index (Phi) is 4.27. The molecule has 3 amide bonds. The third-order valence-electron chi connectivity index (χ3n) is 3.58. The number of amides is 3. The van der Waals surface area contributed by atoms with Gasteiger partial charge in [0, 0.05) is 0 Å².